The highest BCUT2D eigenvalue weighted by Gasteiger charge is 2.31. The summed E-state index contributed by atoms with van der Waals surface area (Å²) in [5, 5.41) is 2.94. The Kier molecular flexibility index (Phi) is 6.34. The molecule has 1 saturated heterocycles. The molecule has 1 fully saturated rings. The third kappa shape index (κ3) is 4.62. The van der Waals surface area contributed by atoms with Crippen molar-refractivity contribution in [3.05, 3.63) is 59.2 Å². The number of hydrogen-bond donors (Lipinski definition) is 1. The molecule has 1 amide bonds. The lowest BCUT2D eigenvalue weighted by Crippen LogP contribution is -2.42. The van der Waals surface area contributed by atoms with Gasteiger partial charge in [0.25, 0.3) is 5.91 Å². The number of amides is 1. The van der Waals surface area contributed by atoms with Gasteiger partial charge in [-0.3, -0.25) is 4.79 Å². The number of carbonyl (C=O) groups is 1. The molecule has 0 aliphatic carbocycles. The number of hydrogen-bond acceptors (Lipinski definition) is 4. The van der Waals surface area contributed by atoms with Crippen molar-refractivity contribution in [3.8, 4) is 0 Å². The lowest BCUT2D eigenvalue weighted by atomic mass is 9.99. The highest BCUT2D eigenvalue weighted by atomic mass is 32.2. The second-order valence-electron chi connectivity index (χ2n) is 8.66. The van der Waals surface area contributed by atoms with Gasteiger partial charge < -0.3 is 10.2 Å². The monoisotopic (exact) mass is 441 g/mol. The van der Waals surface area contributed by atoms with E-state index in [4.69, 9.17) is 0 Å². The molecule has 1 unspecified atom stereocenters. The van der Waals surface area contributed by atoms with E-state index in [-0.39, 0.29) is 16.8 Å². The largest absolute Gasteiger partial charge is 0.374 e. The SMILES string of the molecule is CC1CCCCN1S(=O)(=O)c1cccc(C(=O)NCc2ccc3c(c2)CCCN3C)c1. The molecule has 2 aromatic carbocycles. The van der Waals surface area contributed by atoms with E-state index in [0.29, 0.717) is 18.7 Å². The minimum absolute atomic E-state index is 0.0145. The number of carbonyl (C=O) groups excluding carboxylic acids is 1. The van der Waals surface area contributed by atoms with E-state index >= 15 is 0 Å². The Labute approximate surface area is 185 Å². The van der Waals surface area contributed by atoms with Crippen LogP contribution in [0.2, 0.25) is 0 Å². The van der Waals surface area contributed by atoms with Crippen molar-refractivity contribution in [2.24, 2.45) is 0 Å². The number of aryl methyl sites for hydroxylation is 1. The van der Waals surface area contributed by atoms with Crippen molar-refractivity contribution in [2.75, 3.05) is 25.0 Å². The lowest BCUT2D eigenvalue weighted by Gasteiger charge is -2.32. The average Bonchev–Trinajstić information content (AvgIpc) is 2.78. The highest BCUT2D eigenvalue weighted by Crippen LogP contribution is 2.27. The summed E-state index contributed by atoms with van der Waals surface area (Å²) in [5.41, 5.74) is 3.98. The predicted octanol–water partition coefficient (Wildman–Crippen LogP) is 3.56. The number of benzene rings is 2. The molecular formula is C24H31N3O3S. The molecule has 2 heterocycles. The van der Waals surface area contributed by atoms with Gasteiger partial charge in [-0.05, 0) is 68.0 Å². The molecule has 1 atom stereocenters. The van der Waals surface area contributed by atoms with Gasteiger partial charge in [-0.15, -0.1) is 0 Å². The fraction of sp³-hybridized carbons (Fsp3) is 0.458. The first-order valence-electron chi connectivity index (χ1n) is 11.1. The Morgan fingerprint density at radius 2 is 1.94 bits per heavy atom. The minimum Gasteiger partial charge on any atom is -0.374 e. The van der Waals surface area contributed by atoms with E-state index in [9.17, 15) is 13.2 Å². The van der Waals surface area contributed by atoms with Crippen LogP contribution < -0.4 is 10.2 Å². The predicted molar refractivity (Wildman–Crippen MR) is 123 cm³/mol. The molecule has 0 spiro atoms. The molecular weight excluding hydrogens is 410 g/mol. The number of nitrogens with one attached hydrogen (secondary N) is 1. The number of sulfonamides is 1. The quantitative estimate of drug-likeness (QED) is 0.770. The van der Waals surface area contributed by atoms with E-state index in [0.717, 1.165) is 44.2 Å². The zero-order valence-corrected chi connectivity index (χ0v) is 19.1. The van der Waals surface area contributed by atoms with Gasteiger partial charge in [0.05, 0.1) is 4.90 Å². The van der Waals surface area contributed by atoms with Crippen LogP contribution in [0.4, 0.5) is 5.69 Å². The zero-order chi connectivity index (χ0) is 22.0. The summed E-state index contributed by atoms with van der Waals surface area (Å²) < 4.78 is 27.8. The molecule has 1 N–H and O–H groups in total. The molecule has 2 aliphatic rings. The third-order valence-corrected chi connectivity index (χ3v) is 8.40. The van der Waals surface area contributed by atoms with Gasteiger partial charge in [-0.1, -0.05) is 24.6 Å². The third-order valence-electron chi connectivity index (χ3n) is 6.39. The Balaban J connectivity index is 1.46. The van der Waals surface area contributed by atoms with E-state index < -0.39 is 10.0 Å². The smallest absolute Gasteiger partial charge is 0.251 e. The Bertz CT molecular complexity index is 1070. The molecule has 0 saturated carbocycles. The van der Waals surface area contributed by atoms with Crippen molar-refractivity contribution in [2.45, 2.75) is 56.5 Å². The Hall–Kier alpha value is -2.38. The first-order chi connectivity index (χ1) is 14.9. The lowest BCUT2D eigenvalue weighted by molar-refractivity contribution is 0.0950. The number of nitrogens with zero attached hydrogens (tertiary/aromatic N) is 2. The summed E-state index contributed by atoms with van der Waals surface area (Å²) in [6.07, 6.45) is 4.98. The van der Waals surface area contributed by atoms with Crippen LogP contribution in [0.1, 0.15) is 54.1 Å². The average molecular weight is 442 g/mol. The normalized spacial score (nSPS) is 19.7. The Morgan fingerprint density at radius 3 is 2.74 bits per heavy atom. The van der Waals surface area contributed by atoms with Crippen LogP contribution >= 0.6 is 0 Å². The number of piperidine rings is 1. The molecule has 0 aromatic heterocycles. The van der Waals surface area contributed by atoms with E-state index in [1.807, 2.05) is 13.0 Å². The van der Waals surface area contributed by atoms with Crippen LogP contribution in [0.5, 0.6) is 0 Å². The maximum absolute atomic E-state index is 13.1. The molecule has 2 aromatic rings. The molecule has 7 heteroatoms. The zero-order valence-electron chi connectivity index (χ0n) is 18.3. The van der Waals surface area contributed by atoms with E-state index in [1.54, 1.807) is 22.5 Å². The van der Waals surface area contributed by atoms with Crippen molar-refractivity contribution in [1.29, 1.82) is 0 Å². The second-order valence-corrected chi connectivity index (χ2v) is 10.5. The minimum atomic E-state index is -3.60. The molecule has 31 heavy (non-hydrogen) atoms. The molecule has 4 rings (SSSR count). The highest BCUT2D eigenvalue weighted by molar-refractivity contribution is 7.89. The topological polar surface area (TPSA) is 69.7 Å². The summed E-state index contributed by atoms with van der Waals surface area (Å²) in [6.45, 7) is 3.96. The number of anilines is 1. The van der Waals surface area contributed by atoms with Gasteiger partial charge in [0.2, 0.25) is 10.0 Å². The standard InChI is InChI=1S/C24H31N3O3S/c1-18-7-3-4-14-27(18)31(29,30)22-10-5-8-21(16-22)24(28)25-17-19-11-12-23-20(15-19)9-6-13-26(23)2/h5,8,10-12,15-16,18H,3-4,6-7,9,13-14,17H2,1-2H3,(H,25,28). The summed E-state index contributed by atoms with van der Waals surface area (Å²) >= 11 is 0. The van der Waals surface area contributed by atoms with Gasteiger partial charge in [-0.25, -0.2) is 8.42 Å². The molecule has 6 nitrogen and oxygen atoms in total. The fourth-order valence-electron chi connectivity index (χ4n) is 4.60. The molecule has 2 aliphatic heterocycles. The van der Waals surface area contributed by atoms with Gasteiger partial charge in [0, 0.05) is 44.0 Å². The van der Waals surface area contributed by atoms with Crippen LogP contribution in [-0.4, -0.2) is 44.8 Å². The van der Waals surface area contributed by atoms with Gasteiger partial charge in [0.1, 0.15) is 0 Å². The number of rotatable bonds is 5. The number of fused-ring (bicyclic) bond motifs is 1. The van der Waals surface area contributed by atoms with Gasteiger partial charge in [0.15, 0.2) is 0 Å². The first-order valence-corrected chi connectivity index (χ1v) is 12.5. The van der Waals surface area contributed by atoms with Crippen molar-refractivity contribution in [1.82, 2.24) is 9.62 Å². The van der Waals surface area contributed by atoms with Crippen LogP contribution in [-0.2, 0) is 23.0 Å². The van der Waals surface area contributed by atoms with Crippen LogP contribution in [0.3, 0.4) is 0 Å². The van der Waals surface area contributed by atoms with Crippen LogP contribution in [0.25, 0.3) is 0 Å². The first kappa shape index (κ1) is 21.8. The summed E-state index contributed by atoms with van der Waals surface area (Å²) in [6, 6.07) is 12.7. The van der Waals surface area contributed by atoms with E-state index in [1.165, 1.54) is 17.3 Å². The van der Waals surface area contributed by atoms with Crippen molar-refractivity contribution >= 4 is 21.6 Å². The van der Waals surface area contributed by atoms with E-state index in [2.05, 4.69) is 29.4 Å². The Morgan fingerprint density at radius 1 is 1.10 bits per heavy atom. The summed E-state index contributed by atoms with van der Waals surface area (Å²) in [5.74, 6) is -0.265. The van der Waals surface area contributed by atoms with Crippen LogP contribution in [0.15, 0.2) is 47.4 Å². The maximum Gasteiger partial charge on any atom is 0.251 e. The fourth-order valence-corrected chi connectivity index (χ4v) is 6.34. The van der Waals surface area contributed by atoms with Gasteiger partial charge in [-0.2, -0.15) is 4.31 Å². The maximum atomic E-state index is 13.1. The van der Waals surface area contributed by atoms with Crippen LogP contribution in [0, 0.1) is 0 Å². The van der Waals surface area contributed by atoms with Crippen molar-refractivity contribution in [3.63, 3.8) is 0 Å². The van der Waals surface area contributed by atoms with Gasteiger partial charge >= 0.3 is 0 Å². The summed E-state index contributed by atoms with van der Waals surface area (Å²) in [7, 11) is -1.50. The summed E-state index contributed by atoms with van der Waals surface area (Å²) in [4.78, 5) is 15.2. The molecule has 166 valence electrons. The van der Waals surface area contributed by atoms with Crippen molar-refractivity contribution < 1.29 is 13.2 Å². The second kappa shape index (κ2) is 9.01. The molecule has 0 radical (unpaired) electrons. The molecule has 0 bridgehead atoms.